The molecule has 1 N–H and O–H groups in total. The van der Waals surface area contributed by atoms with Crippen LogP contribution >= 0.6 is 0 Å². The highest BCUT2D eigenvalue weighted by atomic mass is 16.5. The number of hydrogen-bond acceptors (Lipinski definition) is 4. The maximum Gasteiger partial charge on any atom is 0.105 e. The van der Waals surface area contributed by atoms with Gasteiger partial charge in [0.1, 0.15) is 5.76 Å². The molecule has 0 spiro atoms. The van der Waals surface area contributed by atoms with Crippen LogP contribution in [-0.4, -0.2) is 38.5 Å². The minimum absolute atomic E-state index is 0.339. The van der Waals surface area contributed by atoms with Gasteiger partial charge in [-0.05, 0) is 44.9 Å². The van der Waals surface area contributed by atoms with Crippen molar-refractivity contribution >= 4 is 0 Å². The maximum atomic E-state index is 5.62. The predicted molar refractivity (Wildman–Crippen MR) is 74.3 cm³/mol. The van der Waals surface area contributed by atoms with E-state index in [4.69, 9.17) is 13.9 Å². The van der Waals surface area contributed by atoms with Crippen LogP contribution in [0, 0.1) is 0 Å². The molecule has 19 heavy (non-hydrogen) atoms. The van der Waals surface area contributed by atoms with Crippen LogP contribution in [0.4, 0.5) is 0 Å². The van der Waals surface area contributed by atoms with Crippen molar-refractivity contribution in [1.82, 2.24) is 5.32 Å². The molecule has 2 unspecified atom stereocenters. The number of ether oxygens (including phenoxy) is 2. The zero-order chi connectivity index (χ0) is 13.3. The Kier molecular flexibility index (Phi) is 6.41. The van der Waals surface area contributed by atoms with Crippen molar-refractivity contribution in [3.63, 3.8) is 0 Å². The van der Waals surface area contributed by atoms with Crippen LogP contribution < -0.4 is 5.32 Å². The van der Waals surface area contributed by atoms with Crippen molar-refractivity contribution in [2.24, 2.45) is 0 Å². The lowest BCUT2D eigenvalue weighted by molar-refractivity contribution is 0.0165. The summed E-state index contributed by atoms with van der Waals surface area (Å²) in [6.45, 7) is 5.62. The van der Waals surface area contributed by atoms with Crippen molar-refractivity contribution in [3.05, 3.63) is 24.2 Å². The van der Waals surface area contributed by atoms with Crippen molar-refractivity contribution in [2.45, 2.75) is 44.8 Å². The van der Waals surface area contributed by atoms with E-state index in [-0.39, 0.29) is 0 Å². The summed E-state index contributed by atoms with van der Waals surface area (Å²) < 4.78 is 16.5. The molecule has 108 valence electrons. The van der Waals surface area contributed by atoms with Crippen molar-refractivity contribution in [1.29, 1.82) is 0 Å². The van der Waals surface area contributed by atoms with E-state index in [9.17, 15) is 0 Å². The zero-order valence-electron chi connectivity index (χ0n) is 11.8. The highest BCUT2D eigenvalue weighted by molar-refractivity contribution is 4.99. The topological polar surface area (TPSA) is 43.6 Å². The SMILES string of the molecule is CC(Cc1ccco1)NCCCOCC1CCCO1. The van der Waals surface area contributed by atoms with Crippen LogP contribution in [-0.2, 0) is 15.9 Å². The van der Waals surface area contributed by atoms with E-state index >= 15 is 0 Å². The monoisotopic (exact) mass is 267 g/mol. The van der Waals surface area contributed by atoms with Gasteiger partial charge in [0.15, 0.2) is 0 Å². The van der Waals surface area contributed by atoms with Crippen LogP contribution in [0.25, 0.3) is 0 Å². The van der Waals surface area contributed by atoms with Gasteiger partial charge in [-0.1, -0.05) is 0 Å². The van der Waals surface area contributed by atoms with Gasteiger partial charge >= 0.3 is 0 Å². The molecule has 2 heterocycles. The first-order chi connectivity index (χ1) is 9.34. The van der Waals surface area contributed by atoms with Gasteiger partial charge in [-0.3, -0.25) is 0 Å². The summed E-state index contributed by atoms with van der Waals surface area (Å²) in [6, 6.07) is 4.38. The normalized spacial score (nSPS) is 20.8. The summed E-state index contributed by atoms with van der Waals surface area (Å²) in [5.74, 6) is 1.04. The van der Waals surface area contributed by atoms with Gasteiger partial charge < -0.3 is 19.2 Å². The van der Waals surface area contributed by atoms with Gasteiger partial charge in [0.2, 0.25) is 0 Å². The molecule has 0 radical (unpaired) electrons. The minimum atomic E-state index is 0.339. The van der Waals surface area contributed by atoms with Crippen LogP contribution in [0.15, 0.2) is 22.8 Å². The summed E-state index contributed by atoms with van der Waals surface area (Å²) >= 11 is 0. The van der Waals surface area contributed by atoms with Crippen LogP contribution in [0.2, 0.25) is 0 Å². The van der Waals surface area contributed by atoms with Gasteiger partial charge in [0, 0.05) is 25.7 Å². The molecule has 2 atom stereocenters. The molecule has 4 heteroatoms. The molecule has 2 rings (SSSR count). The van der Waals surface area contributed by atoms with E-state index in [0.717, 1.165) is 51.4 Å². The molecule has 0 saturated carbocycles. The van der Waals surface area contributed by atoms with E-state index in [1.807, 2.05) is 12.1 Å². The van der Waals surface area contributed by atoms with E-state index < -0.39 is 0 Å². The summed E-state index contributed by atoms with van der Waals surface area (Å²) in [6.07, 6.45) is 6.36. The molecule has 1 saturated heterocycles. The second kappa shape index (κ2) is 8.35. The molecule has 1 aromatic rings. The molecule has 0 bridgehead atoms. The highest BCUT2D eigenvalue weighted by Gasteiger charge is 2.14. The standard InChI is InChI=1S/C15H25NO3/c1-13(11-14-5-2-9-18-14)16-7-4-8-17-12-15-6-3-10-19-15/h2,5,9,13,15-16H,3-4,6-8,10-12H2,1H3. The first-order valence-electron chi connectivity index (χ1n) is 7.29. The molecule has 1 aliphatic rings. The first kappa shape index (κ1) is 14.6. The third-order valence-electron chi connectivity index (χ3n) is 3.37. The second-order valence-corrected chi connectivity index (χ2v) is 5.20. The first-order valence-corrected chi connectivity index (χ1v) is 7.29. The smallest absolute Gasteiger partial charge is 0.105 e. The van der Waals surface area contributed by atoms with Crippen LogP contribution in [0.1, 0.15) is 31.9 Å². The van der Waals surface area contributed by atoms with Crippen LogP contribution in [0.5, 0.6) is 0 Å². The molecule has 0 amide bonds. The van der Waals surface area contributed by atoms with Crippen molar-refractivity contribution in [2.75, 3.05) is 26.4 Å². The largest absolute Gasteiger partial charge is 0.469 e. The molecule has 1 aromatic heterocycles. The lowest BCUT2D eigenvalue weighted by atomic mass is 10.2. The third kappa shape index (κ3) is 5.76. The molecule has 0 aromatic carbocycles. The predicted octanol–water partition coefficient (Wildman–Crippen LogP) is 2.39. The summed E-state index contributed by atoms with van der Waals surface area (Å²) in [5, 5.41) is 3.48. The molecular formula is C15H25NO3. The van der Waals surface area contributed by atoms with E-state index in [1.54, 1.807) is 6.26 Å². The Bertz CT molecular complexity index is 320. The summed E-state index contributed by atoms with van der Waals surface area (Å²) in [5.41, 5.74) is 0. The van der Waals surface area contributed by atoms with Gasteiger partial charge in [0.05, 0.1) is 19.0 Å². The van der Waals surface area contributed by atoms with Gasteiger partial charge in [-0.25, -0.2) is 0 Å². The lowest BCUT2D eigenvalue weighted by Gasteiger charge is -2.13. The Hall–Kier alpha value is -0.840. The molecule has 0 aliphatic carbocycles. The van der Waals surface area contributed by atoms with E-state index in [1.165, 1.54) is 6.42 Å². The van der Waals surface area contributed by atoms with Gasteiger partial charge in [-0.15, -0.1) is 0 Å². The second-order valence-electron chi connectivity index (χ2n) is 5.20. The summed E-state index contributed by atoms with van der Waals surface area (Å²) in [7, 11) is 0. The summed E-state index contributed by atoms with van der Waals surface area (Å²) in [4.78, 5) is 0. The Morgan fingerprint density at radius 2 is 2.47 bits per heavy atom. The Morgan fingerprint density at radius 1 is 1.53 bits per heavy atom. The van der Waals surface area contributed by atoms with Crippen LogP contribution in [0.3, 0.4) is 0 Å². The van der Waals surface area contributed by atoms with E-state index in [2.05, 4.69) is 12.2 Å². The van der Waals surface area contributed by atoms with E-state index in [0.29, 0.717) is 12.1 Å². The Labute approximate surface area is 115 Å². The third-order valence-corrected chi connectivity index (χ3v) is 3.37. The number of rotatable bonds is 9. The van der Waals surface area contributed by atoms with Crippen molar-refractivity contribution in [3.8, 4) is 0 Å². The quantitative estimate of drug-likeness (QED) is 0.698. The highest BCUT2D eigenvalue weighted by Crippen LogP contribution is 2.11. The number of nitrogens with one attached hydrogen (secondary N) is 1. The average Bonchev–Trinajstić information content (AvgIpc) is 3.06. The maximum absolute atomic E-state index is 5.62. The molecular weight excluding hydrogens is 242 g/mol. The fraction of sp³-hybridized carbons (Fsp3) is 0.733. The Morgan fingerprint density at radius 3 is 3.21 bits per heavy atom. The molecule has 1 aliphatic heterocycles. The number of furan rings is 1. The molecule has 1 fully saturated rings. The zero-order valence-corrected chi connectivity index (χ0v) is 11.8. The number of hydrogen-bond donors (Lipinski definition) is 1. The average molecular weight is 267 g/mol. The lowest BCUT2D eigenvalue weighted by Crippen LogP contribution is -2.29. The van der Waals surface area contributed by atoms with Gasteiger partial charge in [-0.2, -0.15) is 0 Å². The van der Waals surface area contributed by atoms with Gasteiger partial charge in [0.25, 0.3) is 0 Å². The molecule has 4 nitrogen and oxygen atoms in total. The fourth-order valence-electron chi connectivity index (χ4n) is 2.32. The fourth-order valence-corrected chi connectivity index (χ4v) is 2.32. The minimum Gasteiger partial charge on any atom is -0.469 e. The Balaban J connectivity index is 1.43. The van der Waals surface area contributed by atoms with Crippen molar-refractivity contribution < 1.29 is 13.9 Å².